The third kappa shape index (κ3) is 3.45. The normalized spacial score (nSPS) is 14.1. The summed E-state index contributed by atoms with van der Waals surface area (Å²) in [6, 6.07) is 14.2. The molecule has 0 aliphatic rings. The predicted molar refractivity (Wildman–Crippen MR) is 82.3 cm³/mol. The summed E-state index contributed by atoms with van der Waals surface area (Å²) in [5.74, 6) is -0.139. The molecule has 20 heavy (non-hydrogen) atoms. The molecule has 2 atom stereocenters. The Morgan fingerprint density at radius 1 is 0.900 bits per heavy atom. The molecule has 2 aromatic carbocycles. The summed E-state index contributed by atoms with van der Waals surface area (Å²) in [6.07, 6.45) is 0. The van der Waals surface area contributed by atoms with Crippen LogP contribution in [0.1, 0.15) is 48.2 Å². The second-order valence-corrected chi connectivity index (χ2v) is 5.53. The lowest BCUT2D eigenvalue weighted by molar-refractivity contribution is 0.491. The summed E-state index contributed by atoms with van der Waals surface area (Å²) in [7, 11) is 0. The Bertz CT molecular complexity index is 592. The van der Waals surface area contributed by atoms with Crippen molar-refractivity contribution in [3.8, 4) is 0 Å². The first-order valence-corrected chi connectivity index (χ1v) is 7.06. The third-order valence-corrected chi connectivity index (χ3v) is 3.74. The Morgan fingerprint density at radius 3 is 2.15 bits per heavy atom. The molecule has 2 rings (SSSR count). The fraction of sp³-hybridized carbons (Fsp3) is 0.333. The number of hydrogen-bond donors (Lipinski definition) is 1. The molecule has 1 unspecified atom stereocenters. The van der Waals surface area contributed by atoms with Gasteiger partial charge in [0.05, 0.1) is 0 Å². The first-order chi connectivity index (χ1) is 9.47. The number of benzene rings is 2. The maximum absolute atomic E-state index is 13.6. The van der Waals surface area contributed by atoms with Crippen LogP contribution >= 0.6 is 0 Å². The molecule has 0 radical (unpaired) electrons. The molecular weight excluding hydrogens is 249 g/mol. The molecule has 0 fully saturated rings. The smallest absolute Gasteiger partial charge is 0.126 e. The van der Waals surface area contributed by atoms with Gasteiger partial charge in [0.15, 0.2) is 0 Å². The number of hydrogen-bond acceptors (Lipinski definition) is 1. The van der Waals surface area contributed by atoms with Gasteiger partial charge in [0.2, 0.25) is 0 Å². The van der Waals surface area contributed by atoms with E-state index in [9.17, 15) is 4.39 Å². The SMILES string of the molecule is Cc1cccc([C@H](C)NC(C)c2ccc(C)c(F)c2)c1. The van der Waals surface area contributed by atoms with Crippen molar-refractivity contribution < 1.29 is 4.39 Å². The minimum Gasteiger partial charge on any atom is -0.304 e. The topological polar surface area (TPSA) is 12.0 Å². The van der Waals surface area contributed by atoms with Crippen LogP contribution in [0, 0.1) is 19.7 Å². The highest BCUT2D eigenvalue weighted by Crippen LogP contribution is 2.21. The van der Waals surface area contributed by atoms with Crippen molar-refractivity contribution in [2.24, 2.45) is 0 Å². The molecule has 0 aromatic heterocycles. The molecule has 0 bridgehead atoms. The Kier molecular flexibility index (Phi) is 4.56. The van der Waals surface area contributed by atoms with Crippen LogP contribution in [-0.4, -0.2) is 0 Å². The Labute approximate surface area is 120 Å². The van der Waals surface area contributed by atoms with Crippen molar-refractivity contribution in [1.82, 2.24) is 5.32 Å². The number of aryl methyl sites for hydroxylation is 2. The molecule has 0 saturated heterocycles. The van der Waals surface area contributed by atoms with Gasteiger partial charge in [-0.25, -0.2) is 4.39 Å². The fourth-order valence-electron chi connectivity index (χ4n) is 2.39. The molecule has 0 spiro atoms. The van der Waals surface area contributed by atoms with Crippen LogP contribution in [0.2, 0.25) is 0 Å². The van der Waals surface area contributed by atoms with Crippen molar-refractivity contribution in [1.29, 1.82) is 0 Å². The lowest BCUT2D eigenvalue weighted by Gasteiger charge is -2.21. The van der Waals surface area contributed by atoms with Gasteiger partial charge >= 0.3 is 0 Å². The molecule has 106 valence electrons. The van der Waals surface area contributed by atoms with Crippen molar-refractivity contribution in [2.45, 2.75) is 39.8 Å². The van der Waals surface area contributed by atoms with E-state index in [1.165, 1.54) is 11.1 Å². The van der Waals surface area contributed by atoms with Crippen molar-refractivity contribution in [2.75, 3.05) is 0 Å². The maximum atomic E-state index is 13.6. The second kappa shape index (κ2) is 6.19. The van der Waals surface area contributed by atoms with Gasteiger partial charge < -0.3 is 5.32 Å². The molecule has 0 aliphatic heterocycles. The van der Waals surface area contributed by atoms with Gasteiger partial charge in [-0.2, -0.15) is 0 Å². The highest BCUT2D eigenvalue weighted by Gasteiger charge is 2.12. The monoisotopic (exact) mass is 271 g/mol. The lowest BCUT2D eigenvalue weighted by atomic mass is 10.0. The summed E-state index contributed by atoms with van der Waals surface area (Å²) < 4.78 is 13.6. The summed E-state index contributed by atoms with van der Waals surface area (Å²) in [5, 5.41) is 3.52. The van der Waals surface area contributed by atoms with E-state index in [-0.39, 0.29) is 17.9 Å². The lowest BCUT2D eigenvalue weighted by Crippen LogP contribution is -2.22. The van der Waals surface area contributed by atoms with Crippen molar-refractivity contribution >= 4 is 0 Å². The zero-order valence-electron chi connectivity index (χ0n) is 12.6. The third-order valence-electron chi connectivity index (χ3n) is 3.74. The van der Waals surface area contributed by atoms with Gasteiger partial charge in [-0.05, 0) is 50.5 Å². The van der Waals surface area contributed by atoms with Gasteiger partial charge in [0.25, 0.3) is 0 Å². The van der Waals surface area contributed by atoms with Crippen LogP contribution in [-0.2, 0) is 0 Å². The highest BCUT2D eigenvalue weighted by atomic mass is 19.1. The maximum Gasteiger partial charge on any atom is 0.126 e. The molecule has 2 heteroatoms. The van der Waals surface area contributed by atoms with Crippen LogP contribution in [0.25, 0.3) is 0 Å². The van der Waals surface area contributed by atoms with Crippen LogP contribution in [0.3, 0.4) is 0 Å². The van der Waals surface area contributed by atoms with Crippen molar-refractivity contribution in [3.63, 3.8) is 0 Å². The summed E-state index contributed by atoms with van der Waals surface area (Å²) >= 11 is 0. The second-order valence-electron chi connectivity index (χ2n) is 5.53. The Balaban J connectivity index is 2.10. The van der Waals surface area contributed by atoms with E-state index in [1.807, 2.05) is 12.1 Å². The van der Waals surface area contributed by atoms with Crippen LogP contribution < -0.4 is 5.32 Å². The quantitative estimate of drug-likeness (QED) is 0.837. The molecule has 0 amide bonds. The molecule has 2 aromatic rings. The van der Waals surface area contributed by atoms with E-state index in [1.54, 1.807) is 13.0 Å². The zero-order chi connectivity index (χ0) is 14.7. The molecular formula is C18H22FN. The number of nitrogens with one attached hydrogen (secondary N) is 1. The van der Waals surface area contributed by atoms with E-state index < -0.39 is 0 Å². The van der Waals surface area contributed by atoms with E-state index in [4.69, 9.17) is 0 Å². The van der Waals surface area contributed by atoms with Crippen LogP contribution in [0.15, 0.2) is 42.5 Å². The molecule has 0 aliphatic carbocycles. The zero-order valence-corrected chi connectivity index (χ0v) is 12.6. The van der Waals surface area contributed by atoms with Gasteiger partial charge in [-0.15, -0.1) is 0 Å². The van der Waals surface area contributed by atoms with Gasteiger partial charge in [0, 0.05) is 12.1 Å². The van der Waals surface area contributed by atoms with Crippen molar-refractivity contribution in [3.05, 3.63) is 70.5 Å². The van der Waals surface area contributed by atoms with E-state index in [2.05, 4.69) is 50.4 Å². The standard InChI is InChI=1S/C18H22FN/c1-12-6-5-7-16(10-12)14(3)20-15(4)17-9-8-13(2)18(19)11-17/h5-11,14-15,20H,1-4H3/t14-,15?/m0/s1. The van der Waals surface area contributed by atoms with Gasteiger partial charge in [-0.1, -0.05) is 42.0 Å². The average Bonchev–Trinajstić information content (AvgIpc) is 2.41. The summed E-state index contributed by atoms with van der Waals surface area (Å²) in [6.45, 7) is 8.08. The largest absolute Gasteiger partial charge is 0.304 e. The average molecular weight is 271 g/mol. The summed E-state index contributed by atoms with van der Waals surface area (Å²) in [5.41, 5.74) is 4.18. The number of halogens is 1. The summed E-state index contributed by atoms with van der Waals surface area (Å²) in [4.78, 5) is 0. The predicted octanol–water partition coefficient (Wildman–Crippen LogP) is 4.85. The first-order valence-electron chi connectivity index (χ1n) is 7.06. The van der Waals surface area contributed by atoms with E-state index in [0.717, 1.165) is 5.56 Å². The number of rotatable bonds is 4. The molecule has 0 heterocycles. The Morgan fingerprint density at radius 2 is 1.55 bits per heavy atom. The minimum atomic E-state index is -0.139. The Hall–Kier alpha value is -1.67. The first kappa shape index (κ1) is 14.7. The molecule has 1 nitrogen and oxygen atoms in total. The highest BCUT2D eigenvalue weighted by molar-refractivity contribution is 5.27. The molecule has 0 saturated carbocycles. The molecule has 1 N–H and O–H groups in total. The van der Waals surface area contributed by atoms with Crippen LogP contribution in [0.5, 0.6) is 0 Å². The van der Waals surface area contributed by atoms with Crippen LogP contribution in [0.4, 0.5) is 4.39 Å². The van der Waals surface area contributed by atoms with Gasteiger partial charge in [0.1, 0.15) is 5.82 Å². The fourth-order valence-corrected chi connectivity index (χ4v) is 2.39. The van der Waals surface area contributed by atoms with E-state index in [0.29, 0.717) is 5.56 Å². The van der Waals surface area contributed by atoms with Gasteiger partial charge in [-0.3, -0.25) is 0 Å². The minimum absolute atomic E-state index is 0.112. The van der Waals surface area contributed by atoms with E-state index >= 15 is 0 Å².